The van der Waals surface area contributed by atoms with Crippen LogP contribution >= 0.6 is 11.3 Å². The van der Waals surface area contributed by atoms with Gasteiger partial charge in [0.15, 0.2) is 0 Å². The number of rotatable bonds is 9. The summed E-state index contributed by atoms with van der Waals surface area (Å²) in [4.78, 5) is 27.0. The molecular weight excluding hydrogens is 464 g/mol. The SMILES string of the molecule is CCN(CC)S(=O)(=O)c1ccc(OC)c(NC(=O)Cn2nc(-c3ccc(C)s3)ccc2=O)c1. The first-order valence-corrected chi connectivity index (χ1v) is 12.6. The number of thiophene rings is 1. The zero-order chi connectivity index (χ0) is 24.2. The number of hydrogen-bond acceptors (Lipinski definition) is 7. The van der Waals surface area contributed by atoms with Gasteiger partial charge >= 0.3 is 0 Å². The maximum Gasteiger partial charge on any atom is 0.267 e. The summed E-state index contributed by atoms with van der Waals surface area (Å²) >= 11 is 1.54. The minimum Gasteiger partial charge on any atom is -0.495 e. The fourth-order valence-electron chi connectivity index (χ4n) is 3.25. The summed E-state index contributed by atoms with van der Waals surface area (Å²) in [7, 11) is -2.31. The van der Waals surface area contributed by atoms with Gasteiger partial charge in [0.2, 0.25) is 15.9 Å². The van der Waals surface area contributed by atoms with E-state index in [1.165, 1.54) is 47.0 Å². The van der Waals surface area contributed by atoms with E-state index in [4.69, 9.17) is 4.74 Å². The average Bonchev–Trinajstić information content (AvgIpc) is 3.22. The Hall–Kier alpha value is -3.02. The zero-order valence-electron chi connectivity index (χ0n) is 18.9. The van der Waals surface area contributed by atoms with Gasteiger partial charge in [0.25, 0.3) is 5.56 Å². The Balaban J connectivity index is 1.87. The molecule has 2 heterocycles. The lowest BCUT2D eigenvalue weighted by Gasteiger charge is -2.19. The van der Waals surface area contributed by atoms with Gasteiger partial charge in [-0.05, 0) is 43.3 Å². The smallest absolute Gasteiger partial charge is 0.267 e. The molecule has 1 N–H and O–H groups in total. The maximum atomic E-state index is 12.9. The molecule has 1 aromatic carbocycles. The molecule has 0 atom stereocenters. The van der Waals surface area contributed by atoms with E-state index in [9.17, 15) is 18.0 Å². The van der Waals surface area contributed by atoms with Crippen LogP contribution in [0.3, 0.4) is 0 Å². The van der Waals surface area contributed by atoms with Crippen molar-refractivity contribution < 1.29 is 17.9 Å². The molecule has 11 heteroatoms. The van der Waals surface area contributed by atoms with Crippen molar-refractivity contribution in [2.24, 2.45) is 0 Å². The van der Waals surface area contributed by atoms with Crippen LogP contribution in [0.5, 0.6) is 5.75 Å². The molecule has 0 aliphatic heterocycles. The van der Waals surface area contributed by atoms with E-state index in [0.717, 1.165) is 14.4 Å². The molecule has 0 aliphatic carbocycles. The molecule has 3 aromatic rings. The van der Waals surface area contributed by atoms with Crippen LogP contribution in [0.15, 0.2) is 52.2 Å². The largest absolute Gasteiger partial charge is 0.495 e. The van der Waals surface area contributed by atoms with E-state index in [-0.39, 0.29) is 17.1 Å². The molecule has 1 amide bonds. The third kappa shape index (κ3) is 5.49. The van der Waals surface area contributed by atoms with Crippen LogP contribution < -0.4 is 15.6 Å². The first-order chi connectivity index (χ1) is 15.7. The Morgan fingerprint density at radius 3 is 2.48 bits per heavy atom. The first kappa shape index (κ1) is 24.6. The second-order valence-corrected chi connectivity index (χ2v) is 10.4. The third-order valence-corrected chi connectivity index (χ3v) is 8.01. The van der Waals surface area contributed by atoms with Crippen LogP contribution in [0.2, 0.25) is 0 Å². The van der Waals surface area contributed by atoms with Crippen molar-refractivity contribution in [1.82, 2.24) is 14.1 Å². The van der Waals surface area contributed by atoms with E-state index in [1.54, 1.807) is 19.9 Å². The topological polar surface area (TPSA) is 111 Å². The summed E-state index contributed by atoms with van der Waals surface area (Å²) in [5, 5.41) is 6.95. The summed E-state index contributed by atoms with van der Waals surface area (Å²) in [5.74, 6) is -0.246. The summed E-state index contributed by atoms with van der Waals surface area (Å²) in [6.07, 6.45) is 0. The molecule has 0 saturated carbocycles. The van der Waals surface area contributed by atoms with Crippen LogP contribution in [0.1, 0.15) is 18.7 Å². The van der Waals surface area contributed by atoms with Gasteiger partial charge in [-0.25, -0.2) is 13.1 Å². The number of carbonyl (C=O) groups is 1. The van der Waals surface area contributed by atoms with Crippen molar-refractivity contribution in [3.05, 3.63) is 57.7 Å². The molecule has 0 saturated heterocycles. The molecule has 33 heavy (non-hydrogen) atoms. The first-order valence-electron chi connectivity index (χ1n) is 10.3. The van der Waals surface area contributed by atoms with Gasteiger partial charge in [-0.3, -0.25) is 9.59 Å². The number of hydrogen-bond donors (Lipinski definition) is 1. The Kier molecular flexibility index (Phi) is 7.67. The van der Waals surface area contributed by atoms with E-state index < -0.39 is 21.5 Å². The van der Waals surface area contributed by atoms with Gasteiger partial charge in [0.1, 0.15) is 18.0 Å². The fourth-order valence-corrected chi connectivity index (χ4v) is 5.57. The monoisotopic (exact) mass is 490 g/mol. The number of amides is 1. The van der Waals surface area contributed by atoms with Crippen LogP contribution in [0.25, 0.3) is 10.6 Å². The molecule has 0 aliphatic rings. The highest BCUT2D eigenvalue weighted by molar-refractivity contribution is 7.89. The van der Waals surface area contributed by atoms with Crippen molar-refractivity contribution in [3.8, 4) is 16.3 Å². The number of benzene rings is 1. The average molecular weight is 491 g/mol. The van der Waals surface area contributed by atoms with Crippen LogP contribution in [0, 0.1) is 6.92 Å². The molecule has 0 unspecified atom stereocenters. The van der Waals surface area contributed by atoms with Gasteiger partial charge in [-0.15, -0.1) is 11.3 Å². The highest BCUT2D eigenvalue weighted by atomic mass is 32.2. The Morgan fingerprint density at radius 1 is 1.15 bits per heavy atom. The molecule has 0 bridgehead atoms. The Morgan fingerprint density at radius 2 is 1.88 bits per heavy atom. The van der Waals surface area contributed by atoms with Crippen LogP contribution in [0.4, 0.5) is 5.69 Å². The standard InChI is InChI=1S/C22H26N4O5S2/c1-5-25(6-2)33(29,30)16-8-10-19(31-4)18(13-16)23-21(27)14-26-22(28)12-9-17(24-26)20-11-7-15(3)32-20/h7-13H,5-6,14H2,1-4H3,(H,23,27). The Labute approximate surface area is 196 Å². The molecule has 9 nitrogen and oxygen atoms in total. The molecule has 0 fully saturated rings. The van der Waals surface area contributed by atoms with Crippen LogP contribution in [-0.2, 0) is 21.4 Å². The lowest BCUT2D eigenvalue weighted by atomic mass is 10.3. The van der Waals surface area contributed by atoms with E-state index in [0.29, 0.717) is 24.5 Å². The minimum absolute atomic E-state index is 0.0349. The van der Waals surface area contributed by atoms with Crippen molar-refractivity contribution in [2.45, 2.75) is 32.2 Å². The number of sulfonamides is 1. The van der Waals surface area contributed by atoms with Crippen molar-refractivity contribution in [3.63, 3.8) is 0 Å². The van der Waals surface area contributed by atoms with Crippen LogP contribution in [-0.4, -0.2) is 48.6 Å². The lowest BCUT2D eigenvalue weighted by molar-refractivity contribution is -0.117. The lowest BCUT2D eigenvalue weighted by Crippen LogP contribution is -2.31. The van der Waals surface area contributed by atoms with E-state index >= 15 is 0 Å². The van der Waals surface area contributed by atoms with Crippen molar-refractivity contribution in [1.29, 1.82) is 0 Å². The van der Waals surface area contributed by atoms with E-state index in [2.05, 4.69) is 10.4 Å². The van der Waals surface area contributed by atoms with Gasteiger partial charge in [-0.2, -0.15) is 9.40 Å². The van der Waals surface area contributed by atoms with Gasteiger partial charge in [0, 0.05) is 24.0 Å². The number of nitrogens with zero attached hydrogens (tertiary/aromatic N) is 3. The number of aromatic nitrogens is 2. The normalized spacial score (nSPS) is 11.5. The summed E-state index contributed by atoms with van der Waals surface area (Å²) < 4.78 is 33.4. The second kappa shape index (κ2) is 10.3. The highest BCUT2D eigenvalue weighted by Gasteiger charge is 2.23. The summed E-state index contributed by atoms with van der Waals surface area (Å²) in [6, 6.07) is 11.1. The molecule has 0 radical (unpaired) electrons. The molecule has 176 valence electrons. The quantitative estimate of drug-likeness (QED) is 0.494. The van der Waals surface area contributed by atoms with Crippen molar-refractivity contribution >= 4 is 33.0 Å². The Bertz CT molecular complexity index is 1310. The van der Waals surface area contributed by atoms with Gasteiger partial charge < -0.3 is 10.1 Å². The van der Waals surface area contributed by atoms with Crippen molar-refractivity contribution in [2.75, 3.05) is 25.5 Å². The number of methoxy groups -OCH3 is 1. The third-order valence-electron chi connectivity index (χ3n) is 4.94. The molecular formula is C22H26N4O5S2. The number of anilines is 1. The summed E-state index contributed by atoms with van der Waals surface area (Å²) in [6.45, 7) is 5.78. The molecule has 2 aromatic heterocycles. The van der Waals surface area contributed by atoms with Gasteiger partial charge in [0.05, 0.1) is 22.6 Å². The minimum atomic E-state index is -3.72. The fraction of sp³-hybridized carbons (Fsp3) is 0.318. The van der Waals surface area contributed by atoms with Gasteiger partial charge in [-0.1, -0.05) is 13.8 Å². The van der Waals surface area contributed by atoms with E-state index in [1.807, 2.05) is 19.1 Å². The second-order valence-electron chi connectivity index (χ2n) is 7.12. The highest BCUT2D eigenvalue weighted by Crippen LogP contribution is 2.29. The maximum absolute atomic E-state index is 12.9. The number of aryl methyl sites for hydroxylation is 1. The zero-order valence-corrected chi connectivity index (χ0v) is 20.5. The number of nitrogens with one attached hydrogen (secondary N) is 1. The number of carbonyl (C=O) groups excluding carboxylic acids is 1. The molecule has 3 rings (SSSR count). The predicted molar refractivity (Wildman–Crippen MR) is 128 cm³/mol. The summed E-state index contributed by atoms with van der Waals surface area (Å²) in [5.41, 5.74) is 0.353. The number of ether oxygens (including phenoxy) is 1. The molecule has 0 spiro atoms. The predicted octanol–water partition coefficient (Wildman–Crippen LogP) is 2.96.